The minimum absolute atomic E-state index is 0.580. The molecule has 1 atom stereocenters. The van der Waals surface area contributed by atoms with Crippen molar-refractivity contribution < 1.29 is 5.11 Å². The predicted octanol–water partition coefficient (Wildman–Crippen LogP) is 2.32. The van der Waals surface area contributed by atoms with E-state index >= 15 is 0 Å². The van der Waals surface area contributed by atoms with Crippen molar-refractivity contribution in [2.45, 2.75) is 6.10 Å². The molecule has 0 saturated heterocycles. The number of hydrogen-bond donors (Lipinski definition) is 1. The van der Waals surface area contributed by atoms with E-state index in [1.807, 2.05) is 30.3 Å². The summed E-state index contributed by atoms with van der Waals surface area (Å²) in [5, 5.41) is 10.1. The molecule has 2 rings (SSSR count). The number of rotatable bonds is 2. The largest absolute Gasteiger partial charge is 0.382 e. The molecule has 1 aromatic heterocycles. The Morgan fingerprint density at radius 3 is 2.60 bits per heavy atom. The second kappa shape index (κ2) is 4.51. The average Bonchev–Trinajstić information content (AvgIpc) is 2.30. The van der Waals surface area contributed by atoms with Crippen LogP contribution in [0.5, 0.6) is 0 Å². The first-order valence-electron chi connectivity index (χ1n) is 4.47. The molecule has 0 aliphatic rings. The van der Waals surface area contributed by atoms with Gasteiger partial charge in [-0.2, -0.15) is 0 Å². The second-order valence-corrected chi connectivity index (χ2v) is 3.92. The quantitative estimate of drug-likeness (QED) is 0.906. The number of aliphatic hydroxyl groups is 1. The number of halogens is 1. The molecular formula is C11H9BrN2O. The lowest BCUT2D eigenvalue weighted by atomic mass is 10.1. The molecular weight excluding hydrogens is 256 g/mol. The Balaban J connectivity index is 2.37. The van der Waals surface area contributed by atoms with E-state index in [-0.39, 0.29) is 0 Å². The maximum absolute atomic E-state index is 10.1. The van der Waals surface area contributed by atoms with E-state index in [9.17, 15) is 5.11 Å². The van der Waals surface area contributed by atoms with Crippen molar-refractivity contribution in [2.75, 3.05) is 0 Å². The smallest absolute Gasteiger partial charge is 0.122 e. The van der Waals surface area contributed by atoms with E-state index in [4.69, 9.17) is 0 Å². The number of aromatic nitrogens is 2. The zero-order chi connectivity index (χ0) is 10.7. The van der Waals surface area contributed by atoms with Gasteiger partial charge in [-0.1, -0.05) is 30.3 Å². The summed E-state index contributed by atoms with van der Waals surface area (Å²) in [6.45, 7) is 0. The summed E-state index contributed by atoms with van der Waals surface area (Å²) in [6.07, 6.45) is 2.32. The van der Waals surface area contributed by atoms with Gasteiger partial charge < -0.3 is 5.11 Å². The minimum atomic E-state index is -0.719. The molecule has 0 radical (unpaired) electrons. The fourth-order valence-corrected chi connectivity index (χ4v) is 1.75. The van der Waals surface area contributed by atoms with Gasteiger partial charge >= 0.3 is 0 Å². The maximum Gasteiger partial charge on any atom is 0.122 e. The van der Waals surface area contributed by atoms with Crippen molar-refractivity contribution in [3.05, 3.63) is 58.6 Å². The first-order chi connectivity index (χ1) is 7.29. The van der Waals surface area contributed by atoms with Crippen LogP contribution < -0.4 is 0 Å². The van der Waals surface area contributed by atoms with Gasteiger partial charge in [0.15, 0.2) is 0 Å². The van der Waals surface area contributed by atoms with Crippen molar-refractivity contribution in [3.8, 4) is 0 Å². The summed E-state index contributed by atoms with van der Waals surface area (Å²) >= 11 is 3.31. The second-order valence-electron chi connectivity index (χ2n) is 3.07. The van der Waals surface area contributed by atoms with Gasteiger partial charge in [0.25, 0.3) is 0 Å². The van der Waals surface area contributed by atoms with Crippen LogP contribution in [0.4, 0.5) is 0 Å². The van der Waals surface area contributed by atoms with Crippen LogP contribution in [0.25, 0.3) is 0 Å². The molecule has 76 valence electrons. The van der Waals surface area contributed by atoms with E-state index in [0.717, 1.165) is 5.56 Å². The molecule has 15 heavy (non-hydrogen) atoms. The summed E-state index contributed by atoms with van der Waals surface area (Å²) in [5.74, 6) is 0. The van der Waals surface area contributed by atoms with E-state index in [0.29, 0.717) is 10.2 Å². The summed E-state index contributed by atoms with van der Waals surface area (Å²) in [5.41, 5.74) is 1.40. The van der Waals surface area contributed by atoms with Gasteiger partial charge in [0.1, 0.15) is 12.4 Å². The Morgan fingerprint density at radius 2 is 1.93 bits per heavy atom. The van der Waals surface area contributed by atoms with Gasteiger partial charge in [-0.25, -0.2) is 9.97 Å². The van der Waals surface area contributed by atoms with Crippen LogP contribution in [-0.4, -0.2) is 15.1 Å². The topological polar surface area (TPSA) is 46.0 Å². The number of aliphatic hydroxyl groups excluding tert-OH is 1. The third-order valence-corrected chi connectivity index (χ3v) is 2.68. The van der Waals surface area contributed by atoms with E-state index in [1.54, 1.807) is 6.20 Å². The molecule has 0 spiro atoms. The Bertz CT molecular complexity index is 447. The fraction of sp³-hybridized carbons (Fsp3) is 0.0909. The molecule has 2 aromatic rings. The molecule has 0 aliphatic heterocycles. The summed E-state index contributed by atoms with van der Waals surface area (Å²) in [7, 11) is 0. The van der Waals surface area contributed by atoms with Gasteiger partial charge in [0.05, 0.1) is 10.2 Å². The lowest BCUT2D eigenvalue weighted by Gasteiger charge is -2.11. The molecule has 0 fully saturated rings. The molecule has 4 heteroatoms. The van der Waals surface area contributed by atoms with Crippen LogP contribution in [0.3, 0.4) is 0 Å². The monoisotopic (exact) mass is 264 g/mol. The standard InChI is InChI=1S/C11H9BrN2O/c12-9-6-13-7-14-10(9)11(15)8-4-2-1-3-5-8/h1-7,11,15H/t11-/m1/s1. The molecule has 1 N–H and O–H groups in total. The summed E-state index contributed by atoms with van der Waals surface area (Å²) in [4.78, 5) is 7.90. The zero-order valence-corrected chi connectivity index (χ0v) is 9.42. The molecule has 0 saturated carbocycles. The zero-order valence-electron chi connectivity index (χ0n) is 7.84. The van der Waals surface area contributed by atoms with Crippen LogP contribution in [0.2, 0.25) is 0 Å². The molecule has 3 nitrogen and oxygen atoms in total. The third-order valence-electron chi connectivity index (χ3n) is 2.07. The minimum Gasteiger partial charge on any atom is -0.382 e. The highest BCUT2D eigenvalue weighted by atomic mass is 79.9. The highest BCUT2D eigenvalue weighted by Crippen LogP contribution is 2.25. The molecule has 0 aliphatic carbocycles. The van der Waals surface area contributed by atoms with E-state index in [1.165, 1.54) is 6.33 Å². The first-order valence-corrected chi connectivity index (χ1v) is 5.27. The molecule has 1 aromatic carbocycles. The molecule has 0 unspecified atom stereocenters. The Hall–Kier alpha value is -1.26. The normalized spacial score (nSPS) is 12.4. The van der Waals surface area contributed by atoms with E-state index < -0.39 is 6.10 Å². The lowest BCUT2D eigenvalue weighted by molar-refractivity contribution is 0.214. The van der Waals surface area contributed by atoms with Crippen molar-refractivity contribution in [1.29, 1.82) is 0 Å². The highest BCUT2D eigenvalue weighted by molar-refractivity contribution is 9.10. The SMILES string of the molecule is O[C@H](c1ccccc1)c1ncncc1Br. The Kier molecular flexibility index (Phi) is 3.08. The van der Waals surface area contributed by atoms with Crippen molar-refractivity contribution in [2.24, 2.45) is 0 Å². The summed E-state index contributed by atoms with van der Waals surface area (Å²) in [6, 6.07) is 9.39. The predicted molar refractivity (Wildman–Crippen MR) is 60.2 cm³/mol. The first kappa shape index (κ1) is 10.3. The molecule has 1 heterocycles. The Morgan fingerprint density at radius 1 is 1.20 bits per heavy atom. The van der Waals surface area contributed by atoms with Gasteiger partial charge in [0, 0.05) is 6.20 Å². The maximum atomic E-state index is 10.1. The van der Waals surface area contributed by atoms with Gasteiger partial charge in [-0.15, -0.1) is 0 Å². The Labute approximate surface area is 96.0 Å². The van der Waals surface area contributed by atoms with Crippen molar-refractivity contribution in [1.82, 2.24) is 9.97 Å². The van der Waals surface area contributed by atoms with Crippen LogP contribution in [0.15, 0.2) is 47.3 Å². The number of nitrogens with zero attached hydrogens (tertiary/aromatic N) is 2. The van der Waals surface area contributed by atoms with Crippen molar-refractivity contribution >= 4 is 15.9 Å². The van der Waals surface area contributed by atoms with Crippen LogP contribution in [0, 0.1) is 0 Å². The number of hydrogen-bond acceptors (Lipinski definition) is 3. The van der Waals surface area contributed by atoms with Gasteiger partial charge in [-0.3, -0.25) is 0 Å². The van der Waals surface area contributed by atoms with Gasteiger partial charge in [-0.05, 0) is 21.5 Å². The van der Waals surface area contributed by atoms with Crippen LogP contribution in [-0.2, 0) is 0 Å². The van der Waals surface area contributed by atoms with E-state index in [2.05, 4.69) is 25.9 Å². The third kappa shape index (κ3) is 2.22. The average molecular weight is 265 g/mol. The molecule has 0 bridgehead atoms. The van der Waals surface area contributed by atoms with Crippen LogP contribution in [0.1, 0.15) is 17.4 Å². The summed E-state index contributed by atoms with van der Waals surface area (Å²) < 4.78 is 0.710. The fourth-order valence-electron chi connectivity index (χ4n) is 1.32. The van der Waals surface area contributed by atoms with Crippen molar-refractivity contribution in [3.63, 3.8) is 0 Å². The van der Waals surface area contributed by atoms with Crippen LogP contribution >= 0.6 is 15.9 Å². The van der Waals surface area contributed by atoms with Gasteiger partial charge in [0.2, 0.25) is 0 Å². The lowest BCUT2D eigenvalue weighted by Crippen LogP contribution is -2.03. The highest BCUT2D eigenvalue weighted by Gasteiger charge is 2.14. The molecule has 0 amide bonds. The number of benzene rings is 1.